The summed E-state index contributed by atoms with van der Waals surface area (Å²) in [5.41, 5.74) is 7.74. The molecular weight excluding hydrogens is 291 g/mol. The van der Waals surface area contributed by atoms with Gasteiger partial charge in [-0.2, -0.15) is 0 Å². The third-order valence-corrected chi connectivity index (χ3v) is 4.37. The van der Waals surface area contributed by atoms with E-state index < -0.39 is 7.12 Å². The number of nitrogens with two attached hydrogens (primary N) is 1. The van der Waals surface area contributed by atoms with E-state index in [0.29, 0.717) is 6.54 Å². The molecule has 0 aromatic heterocycles. The number of hydrogen-bond acceptors (Lipinski definition) is 4. The molecule has 1 aliphatic rings. The van der Waals surface area contributed by atoms with Crippen LogP contribution in [-0.4, -0.2) is 30.8 Å². The van der Waals surface area contributed by atoms with Crippen LogP contribution in [0.15, 0.2) is 29.7 Å². The zero-order chi connectivity index (χ0) is 17.3. The van der Waals surface area contributed by atoms with Gasteiger partial charge in [0, 0.05) is 19.2 Å². The SMILES string of the molecule is CC(=O)Nc1ccc(C=C(CN)B2OC(C)(C)C(C)(C)O2)cc1. The third-order valence-electron chi connectivity index (χ3n) is 4.37. The second-order valence-corrected chi connectivity index (χ2v) is 6.81. The van der Waals surface area contributed by atoms with Gasteiger partial charge in [-0.25, -0.2) is 0 Å². The van der Waals surface area contributed by atoms with Crippen LogP contribution >= 0.6 is 0 Å². The van der Waals surface area contributed by atoms with Crippen molar-refractivity contribution in [3.8, 4) is 0 Å². The molecule has 1 fully saturated rings. The van der Waals surface area contributed by atoms with Gasteiger partial charge in [0.2, 0.25) is 5.91 Å². The van der Waals surface area contributed by atoms with Gasteiger partial charge in [-0.1, -0.05) is 18.2 Å². The molecule has 0 radical (unpaired) electrons. The highest BCUT2D eigenvalue weighted by molar-refractivity contribution is 6.55. The number of hydrogen-bond donors (Lipinski definition) is 2. The van der Waals surface area contributed by atoms with Crippen molar-refractivity contribution in [3.63, 3.8) is 0 Å². The molecule has 0 unspecified atom stereocenters. The normalized spacial score (nSPS) is 19.7. The molecule has 0 saturated carbocycles. The van der Waals surface area contributed by atoms with E-state index in [0.717, 1.165) is 16.7 Å². The summed E-state index contributed by atoms with van der Waals surface area (Å²) in [6.07, 6.45) is 1.97. The fraction of sp³-hybridized carbons (Fsp3) is 0.471. The van der Waals surface area contributed by atoms with E-state index in [1.807, 2.05) is 58.0 Å². The van der Waals surface area contributed by atoms with Gasteiger partial charge in [-0.15, -0.1) is 0 Å². The molecule has 0 spiro atoms. The molecule has 1 saturated heterocycles. The maximum absolute atomic E-state index is 11.0. The molecule has 1 aliphatic heterocycles. The molecule has 124 valence electrons. The topological polar surface area (TPSA) is 73.6 Å². The highest BCUT2D eigenvalue weighted by Crippen LogP contribution is 2.38. The van der Waals surface area contributed by atoms with Crippen LogP contribution in [0.4, 0.5) is 5.69 Å². The van der Waals surface area contributed by atoms with Crippen molar-refractivity contribution in [3.05, 3.63) is 35.3 Å². The Bertz CT molecular complexity index is 593. The highest BCUT2D eigenvalue weighted by atomic mass is 16.7. The Balaban J connectivity index is 2.18. The minimum atomic E-state index is -0.444. The summed E-state index contributed by atoms with van der Waals surface area (Å²) in [5.74, 6) is -0.0897. The molecule has 0 atom stereocenters. The summed E-state index contributed by atoms with van der Waals surface area (Å²) in [6, 6.07) is 7.55. The average molecular weight is 316 g/mol. The molecule has 1 heterocycles. The van der Waals surface area contributed by atoms with Crippen molar-refractivity contribution >= 4 is 24.8 Å². The molecule has 1 aromatic rings. The van der Waals surface area contributed by atoms with Gasteiger partial charge in [0.05, 0.1) is 11.2 Å². The van der Waals surface area contributed by atoms with E-state index in [4.69, 9.17) is 15.0 Å². The zero-order valence-corrected chi connectivity index (χ0v) is 14.5. The highest BCUT2D eigenvalue weighted by Gasteiger charge is 2.52. The minimum Gasteiger partial charge on any atom is -0.400 e. The molecule has 2 rings (SSSR count). The Morgan fingerprint density at radius 2 is 1.70 bits per heavy atom. The van der Waals surface area contributed by atoms with Crippen LogP contribution in [0.1, 0.15) is 40.2 Å². The van der Waals surface area contributed by atoms with E-state index >= 15 is 0 Å². The Hall–Kier alpha value is -1.63. The monoisotopic (exact) mass is 316 g/mol. The molecule has 0 aliphatic carbocycles. The van der Waals surface area contributed by atoms with Crippen LogP contribution in [0, 0.1) is 0 Å². The second kappa shape index (κ2) is 6.47. The van der Waals surface area contributed by atoms with Crippen molar-refractivity contribution in [2.45, 2.75) is 45.8 Å². The van der Waals surface area contributed by atoms with Crippen LogP contribution in [0.2, 0.25) is 0 Å². The van der Waals surface area contributed by atoms with Gasteiger partial charge in [0.15, 0.2) is 0 Å². The number of nitrogens with one attached hydrogen (secondary N) is 1. The number of rotatable bonds is 4. The largest absolute Gasteiger partial charge is 0.491 e. The van der Waals surface area contributed by atoms with Crippen LogP contribution in [0.3, 0.4) is 0 Å². The number of benzene rings is 1. The number of carbonyl (C=O) groups is 1. The summed E-state index contributed by atoms with van der Waals surface area (Å²) in [4.78, 5) is 11.0. The predicted molar refractivity (Wildman–Crippen MR) is 93.9 cm³/mol. The molecule has 0 bridgehead atoms. The molecule has 6 heteroatoms. The van der Waals surface area contributed by atoms with E-state index in [1.54, 1.807) is 0 Å². The number of anilines is 1. The molecular formula is C17H25BN2O3. The average Bonchev–Trinajstić information content (AvgIpc) is 2.66. The van der Waals surface area contributed by atoms with Gasteiger partial charge in [0.25, 0.3) is 0 Å². The molecule has 5 nitrogen and oxygen atoms in total. The third kappa shape index (κ3) is 4.02. The molecule has 1 amide bonds. The lowest BCUT2D eigenvalue weighted by Gasteiger charge is -2.32. The van der Waals surface area contributed by atoms with E-state index in [9.17, 15) is 4.79 Å². The van der Waals surface area contributed by atoms with Gasteiger partial charge in [-0.05, 0) is 50.9 Å². The van der Waals surface area contributed by atoms with Crippen molar-refractivity contribution in [1.29, 1.82) is 0 Å². The van der Waals surface area contributed by atoms with E-state index in [2.05, 4.69) is 5.32 Å². The van der Waals surface area contributed by atoms with Crippen molar-refractivity contribution < 1.29 is 14.1 Å². The lowest BCUT2D eigenvalue weighted by Crippen LogP contribution is -2.41. The smallest absolute Gasteiger partial charge is 0.400 e. The summed E-state index contributed by atoms with van der Waals surface area (Å²) in [6.45, 7) is 9.91. The first-order valence-corrected chi connectivity index (χ1v) is 7.78. The summed E-state index contributed by atoms with van der Waals surface area (Å²) in [5, 5.41) is 2.74. The van der Waals surface area contributed by atoms with E-state index in [-0.39, 0.29) is 17.1 Å². The fourth-order valence-corrected chi connectivity index (χ4v) is 2.30. The maximum Gasteiger partial charge on any atom is 0.491 e. The minimum absolute atomic E-state index is 0.0897. The van der Waals surface area contributed by atoms with Crippen molar-refractivity contribution in [2.24, 2.45) is 5.73 Å². The van der Waals surface area contributed by atoms with Gasteiger partial charge < -0.3 is 20.4 Å². The van der Waals surface area contributed by atoms with Gasteiger partial charge in [0.1, 0.15) is 0 Å². The second-order valence-electron chi connectivity index (χ2n) is 6.81. The maximum atomic E-state index is 11.0. The lowest BCUT2D eigenvalue weighted by molar-refractivity contribution is -0.114. The first-order chi connectivity index (χ1) is 10.6. The quantitative estimate of drug-likeness (QED) is 0.838. The first-order valence-electron chi connectivity index (χ1n) is 7.78. The van der Waals surface area contributed by atoms with Crippen LogP contribution in [0.25, 0.3) is 6.08 Å². The molecule has 3 N–H and O–H groups in total. The summed E-state index contributed by atoms with van der Waals surface area (Å²) >= 11 is 0. The number of amides is 1. The lowest BCUT2D eigenvalue weighted by atomic mass is 9.77. The molecule has 23 heavy (non-hydrogen) atoms. The van der Waals surface area contributed by atoms with Crippen molar-refractivity contribution in [2.75, 3.05) is 11.9 Å². The zero-order valence-electron chi connectivity index (χ0n) is 14.5. The first kappa shape index (κ1) is 17.7. The van der Waals surface area contributed by atoms with Gasteiger partial charge in [-0.3, -0.25) is 4.79 Å². The standard InChI is InChI=1S/C17H25BN2O3/c1-12(21)20-15-8-6-13(7-9-15)10-14(11-19)18-22-16(2,3)17(4,5)23-18/h6-10H,11,19H2,1-5H3,(H,20,21). The van der Waals surface area contributed by atoms with Crippen LogP contribution < -0.4 is 11.1 Å². The van der Waals surface area contributed by atoms with Crippen molar-refractivity contribution in [1.82, 2.24) is 0 Å². The summed E-state index contributed by atoms with van der Waals surface area (Å²) < 4.78 is 12.1. The Labute approximate surface area is 138 Å². The number of carbonyl (C=O) groups excluding carboxylic acids is 1. The van der Waals surface area contributed by atoms with Crippen LogP contribution in [-0.2, 0) is 14.1 Å². The Morgan fingerprint density at radius 3 is 2.13 bits per heavy atom. The predicted octanol–water partition coefficient (Wildman–Crippen LogP) is 2.62. The Kier molecular flexibility index (Phi) is 4.99. The fourth-order valence-electron chi connectivity index (χ4n) is 2.30. The Morgan fingerprint density at radius 1 is 1.17 bits per heavy atom. The van der Waals surface area contributed by atoms with Crippen LogP contribution in [0.5, 0.6) is 0 Å². The van der Waals surface area contributed by atoms with E-state index in [1.165, 1.54) is 6.92 Å². The molecule has 1 aromatic carbocycles. The van der Waals surface area contributed by atoms with Gasteiger partial charge >= 0.3 is 7.12 Å². The summed E-state index contributed by atoms with van der Waals surface area (Å²) in [7, 11) is -0.444.